The van der Waals surface area contributed by atoms with Gasteiger partial charge in [0.15, 0.2) is 0 Å². The van der Waals surface area contributed by atoms with Gasteiger partial charge in [-0.1, -0.05) is 19.8 Å². The van der Waals surface area contributed by atoms with Gasteiger partial charge in [0.25, 0.3) is 0 Å². The zero-order valence-electron chi connectivity index (χ0n) is 10.7. The molecule has 1 aliphatic rings. The van der Waals surface area contributed by atoms with E-state index in [0.29, 0.717) is 11.8 Å². The Kier molecular flexibility index (Phi) is 5.25. The molecule has 0 radical (unpaired) electrons. The number of hydrogen-bond donors (Lipinski definition) is 1. The highest BCUT2D eigenvalue weighted by atomic mass is 32.2. The Morgan fingerprint density at radius 3 is 2.62 bits per heavy atom. The first-order valence-corrected chi connectivity index (χ1v) is 8.22. The first-order chi connectivity index (χ1) is 7.43. The minimum atomic E-state index is -2.82. The van der Waals surface area contributed by atoms with Crippen LogP contribution in [0.2, 0.25) is 0 Å². The Labute approximate surface area is 99.9 Å². The van der Waals surface area contributed by atoms with Crippen LogP contribution in [-0.4, -0.2) is 33.5 Å². The van der Waals surface area contributed by atoms with Crippen LogP contribution in [0.4, 0.5) is 0 Å². The van der Waals surface area contributed by atoms with Crippen molar-refractivity contribution in [3.8, 4) is 0 Å². The summed E-state index contributed by atoms with van der Waals surface area (Å²) in [5.74, 6) is 1.25. The highest BCUT2D eigenvalue weighted by Crippen LogP contribution is 2.32. The molecule has 0 heterocycles. The van der Waals surface area contributed by atoms with Crippen LogP contribution in [0, 0.1) is 11.8 Å². The first kappa shape index (κ1) is 14.0. The van der Waals surface area contributed by atoms with Crippen LogP contribution >= 0.6 is 0 Å². The molecule has 0 aromatic rings. The van der Waals surface area contributed by atoms with E-state index in [2.05, 4.69) is 12.2 Å². The summed E-state index contributed by atoms with van der Waals surface area (Å²) in [4.78, 5) is 0. The van der Waals surface area contributed by atoms with Crippen molar-refractivity contribution in [2.24, 2.45) is 11.8 Å². The standard InChI is InChI=1S/C12H25NO2S/c1-10(9-13-2)7-11-5-4-6-12(8-11)16(3,14)15/h10-13H,4-9H2,1-3H3. The van der Waals surface area contributed by atoms with E-state index in [1.807, 2.05) is 7.05 Å². The minimum Gasteiger partial charge on any atom is -0.319 e. The van der Waals surface area contributed by atoms with Crippen LogP contribution in [0.5, 0.6) is 0 Å². The zero-order valence-corrected chi connectivity index (χ0v) is 11.5. The third-order valence-electron chi connectivity index (χ3n) is 3.63. The average molecular weight is 247 g/mol. The van der Waals surface area contributed by atoms with Crippen molar-refractivity contribution in [1.29, 1.82) is 0 Å². The maximum Gasteiger partial charge on any atom is 0.150 e. The second-order valence-corrected chi connectivity index (χ2v) is 7.71. The van der Waals surface area contributed by atoms with Gasteiger partial charge in [0, 0.05) is 6.26 Å². The molecule has 1 fully saturated rings. The molecule has 0 bridgehead atoms. The third-order valence-corrected chi connectivity index (χ3v) is 5.27. The fourth-order valence-electron chi connectivity index (χ4n) is 2.85. The smallest absolute Gasteiger partial charge is 0.150 e. The Morgan fingerprint density at radius 2 is 2.06 bits per heavy atom. The SMILES string of the molecule is CNCC(C)CC1CCCC(S(C)(=O)=O)C1. The summed E-state index contributed by atoms with van der Waals surface area (Å²) >= 11 is 0. The highest BCUT2D eigenvalue weighted by molar-refractivity contribution is 7.91. The van der Waals surface area contributed by atoms with Gasteiger partial charge in [0.05, 0.1) is 5.25 Å². The van der Waals surface area contributed by atoms with E-state index in [1.54, 1.807) is 0 Å². The molecule has 0 aromatic carbocycles. The molecule has 0 aliphatic heterocycles. The molecule has 0 saturated heterocycles. The summed E-state index contributed by atoms with van der Waals surface area (Å²) in [6.45, 7) is 3.26. The summed E-state index contributed by atoms with van der Waals surface area (Å²) < 4.78 is 23.1. The molecule has 4 heteroatoms. The van der Waals surface area contributed by atoms with E-state index in [9.17, 15) is 8.42 Å². The average Bonchev–Trinajstić information content (AvgIpc) is 2.17. The van der Waals surface area contributed by atoms with E-state index in [-0.39, 0.29) is 5.25 Å². The number of nitrogens with one attached hydrogen (secondary N) is 1. The van der Waals surface area contributed by atoms with Gasteiger partial charge in [-0.25, -0.2) is 8.42 Å². The molecule has 0 amide bonds. The Balaban J connectivity index is 2.45. The minimum absolute atomic E-state index is 0.0759. The predicted molar refractivity (Wildman–Crippen MR) is 68.3 cm³/mol. The van der Waals surface area contributed by atoms with Gasteiger partial charge < -0.3 is 5.32 Å². The van der Waals surface area contributed by atoms with Crippen LogP contribution in [0.15, 0.2) is 0 Å². The maximum absolute atomic E-state index is 11.5. The molecular weight excluding hydrogens is 222 g/mol. The van der Waals surface area contributed by atoms with Gasteiger partial charge in [-0.2, -0.15) is 0 Å². The lowest BCUT2D eigenvalue weighted by molar-refractivity contribution is 0.295. The van der Waals surface area contributed by atoms with Gasteiger partial charge in [-0.15, -0.1) is 0 Å². The largest absolute Gasteiger partial charge is 0.319 e. The molecule has 1 rings (SSSR count). The molecule has 1 N–H and O–H groups in total. The predicted octanol–water partition coefficient (Wildman–Crippen LogP) is 1.84. The van der Waals surface area contributed by atoms with Crippen molar-refractivity contribution in [2.45, 2.75) is 44.3 Å². The summed E-state index contributed by atoms with van der Waals surface area (Å²) in [7, 11) is -0.854. The number of hydrogen-bond acceptors (Lipinski definition) is 3. The van der Waals surface area contributed by atoms with E-state index in [4.69, 9.17) is 0 Å². The van der Waals surface area contributed by atoms with E-state index < -0.39 is 9.84 Å². The fourth-order valence-corrected chi connectivity index (χ4v) is 4.06. The van der Waals surface area contributed by atoms with Crippen molar-refractivity contribution < 1.29 is 8.42 Å². The lowest BCUT2D eigenvalue weighted by Gasteiger charge is -2.29. The van der Waals surface area contributed by atoms with Crippen molar-refractivity contribution in [2.75, 3.05) is 19.8 Å². The van der Waals surface area contributed by atoms with Crippen LogP contribution in [0.3, 0.4) is 0 Å². The van der Waals surface area contributed by atoms with Crippen LogP contribution in [-0.2, 0) is 9.84 Å². The van der Waals surface area contributed by atoms with E-state index in [0.717, 1.165) is 32.2 Å². The Morgan fingerprint density at radius 1 is 1.38 bits per heavy atom. The van der Waals surface area contributed by atoms with Crippen LogP contribution < -0.4 is 5.32 Å². The zero-order chi connectivity index (χ0) is 12.2. The van der Waals surface area contributed by atoms with E-state index in [1.165, 1.54) is 12.7 Å². The summed E-state index contributed by atoms with van der Waals surface area (Å²) in [6, 6.07) is 0. The molecule has 1 saturated carbocycles. The second-order valence-electron chi connectivity index (χ2n) is 5.38. The monoisotopic (exact) mass is 247 g/mol. The third kappa shape index (κ3) is 4.42. The molecule has 96 valence electrons. The van der Waals surface area contributed by atoms with Crippen LogP contribution in [0.1, 0.15) is 39.0 Å². The van der Waals surface area contributed by atoms with Crippen molar-refractivity contribution in [1.82, 2.24) is 5.32 Å². The number of rotatable bonds is 5. The molecule has 0 spiro atoms. The van der Waals surface area contributed by atoms with Gasteiger partial charge in [-0.05, 0) is 44.7 Å². The van der Waals surface area contributed by atoms with E-state index >= 15 is 0 Å². The summed E-state index contributed by atoms with van der Waals surface area (Å²) in [6.07, 6.45) is 6.58. The Hall–Kier alpha value is -0.0900. The Bertz CT molecular complexity index is 300. The fraction of sp³-hybridized carbons (Fsp3) is 1.00. The molecule has 3 unspecified atom stereocenters. The first-order valence-electron chi connectivity index (χ1n) is 6.27. The molecule has 16 heavy (non-hydrogen) atoms. The molecule has 3 nitrogen and oxygen atoms in total. The summed E-state index contributed by atoms with van der Waals surface area (Å²) in [5.41, 5.74) is 0. The lowest BCUT2D eigenvalue weighted by Crippen LogP contribution is -2.29. The topological polar surface area (TPSA) is 46.2 Å². The lowest BCUT2D eigenvalue weighted by atomic mass is 9.83. The van der Waals surface area contributed by atoms with Gasteiger partial charge in [-0.3, -0.25) is 0 Å². The van der Waals surface area contributed by atoms with Crippen molar-refractivity contribution in [3.05, 3.63) is 0 Å². The number of sulfone groups is 1. The molecule has 0 aromatic heterocycles. The van der Waals surface area contributed by atoms with Gasteiger partial charge in [0.1, 0.15) is 9.84 Å². The maximum atomic E-state index is 11.5. The second kappa shape index (κ2) is 6.01. The highest BCUT2D eigenvalue weighted by Gasteiger charge is 2.29. The van der Waals surface area contributed by atoms with Crippen molar-refractivity contribution in [3.63, 3.8) is 0 Å². The summed E-state index contributed by atoms with van der Waals surface area (Å²) in [5, 5.41) is 3.10. The van der Waals surface area contributed by atoms with Gasteiger partial charge in [0.2, 0.25) is 0 Å². The van der Waals surface area contributed by atoms with Gasteiger partial charge >= 0.3 is 0 Å². The molecular formula is C12H25NO2S. The quantitative estimate of drug-likeness (QED) is 0.806. The van der Waals surface area contributed by atoms with Crippen LogP contribution in [0.25, 0.3) is 0 Å². The normalized spacial score (nSPS) is 28.9. The van der Waals surface area contributed by atoms with Crippen molar-refractivity contribution >= 4 is 9.84 Å². The molecule has 3 atom stereocenters. The molecule has 1 aliphatic carbocycles.